The molecule has 1 N–H and O–H groups in total. The van der Waals surface area contributed by atoms with E-state index in [2.05, 4.69) is 5.32 Å². The Labute approximate surface area is 246 Å². The second-order valence-corrected chi connectivity index (χ2v) is 11.9. The van der Waals surface area contributed by atoms with Gasteiger partial charge in [0.15, 0.2) is 5.50 Å². The van der Waals surface area contributed by atoms with E-state index in [1.165, 1.54) is 21.6 Å². The zero-order valence-corrected chi connectivity index (χ0v) is 24.0. The molecule has 2 amide bonds. The van der Waals surface area contributed by atoms with Crippen LogP contribution in [0.15, 0.2) is 71.9 Å². The Balaban J connectivity index is 1.38. The minimum Gasteiger partial charge on any atom is -0.338 e. The number of nitrogens with one attached hydrogen (secondary N) is 1. The van der Waals surface area contributed by atoms with Gasteiger partial charge in [-0.2, -0.15) is 18.2 Å². The van der Waals surface area contributed by atoms with Crippen LogP contribution in [-0.4, -0.2) is 64.3 Å². The van der Waals surface area contributed by atoms with Crippen LogP contribution in [0.4, 0.5) is 18.9 Å². The van der Waals surface area contributed by atoms with E-state index >= 15 is 0 Å². The van der Waals surface area contributed by atoms with E-state index < -0.39 is 23.6 Å². The van der Waals surface area contributed by atoms with Crippen molar-refractivity contribution in [3.8, 4) is 0 Å². The molecule has 5 rings (SSSR count). The van der Waals surface area contributed by atoms with Crippen molar-refractivity contribution in [1.82, 2.24) is 15.3 Å². The predicted octanol–water partition coefficient (Wildman–Crippen LogP) is 5.15. The summed E-state index contributed by atoms with van der Waals surface area (Å²) in [7, 11) is 0. The average molecular weight is 603 g/mol. The summed E-state index contributed by atoms with van der Waals surface area (Å²) in [6.07, 6.45) is -2.27. The van der Waals surface area contributed by atoms with Crippen LogP contribution >= 0.6 is 11.8 Å². The molecule has 1 fully saturated rings. The molecule has 0 saturated heterocycles. The van der Waals surface area contributed by atoms with E-state index in [9.17, 15) is 27.6 Å². The lowest BCUT2D eigenvalue weighted by molar-refractivity contribution is -0.235. The maximum absolute atomic E-state index is 14.0. The number of hydrogen-bond acceptors (Lipinski definition) is 7. The summed E-state index contributed by atoms with van der Waals surface area (Å²) in [4.78, 5) is 47.2. The van der Waals surface area contributed by atoms with Gasteiger partial charge in [-0.1, -0.05) is 55.0 Å². The predicted molar refractivity (Wildman–Crippen MR) is 153 cm³/mol. The summed E-state index contributed by atoms with van der Waals surface area (Å²) in [5.74, 6) is -2.95. The van der Waals surface area contributed by atoms with Gasteiger partial charge in [-0.15, -0.1) is 11.8 Å². The van der Waals surface area contributed by atoms with Gasteiger partial charge in [-0.25, -0.2) is 4.79 Å². The van der Waals surface area contributed by atoms with Gasteiger partial charge in [0.2, 0.25) is 5.91 Å². The summed E-state index contributed by atoms with van der Waals surface area (Å²) in [5, 5.41) is 4.40. The zero-order chi connectivity index (χ0) is 29.9. The molecule has 0 spiro atoms. The smallest absolute Gasteiger partial charge is 0.338 e. The molecule has 1 saturated carbocycles. The van der Waals surface area contributed by atoms with Crippen molar-refractivity contribution in [1.29, 1.82) is 0 Å². The molecule has 2 atom stereocenters. The van der Waals surface area contributed by atoms with E-state index in [0.29, 0.717) is 12.2 Å². The molecule has 2 aromatic carbocycles. The van der Waals surface area contributed by atoms with Crippen LogP contribution in [0, 0.1) is 0 Å². The van der Waals surface area contributed by atoms with Gasteiger partial charge >= 0.3 is 12.1 Å². The minimum absolute atomic E-state index is 0.0380. The molecule has 1 unspecified atom stereocenters. The molecule has 0 bridgehead atoms. The SMILES string of the molecule is C[C@@H](NCCC(=O)N1CCC2=C(C1)C(=O)N(c1ccccc1)C(SC1CCC1)N2OC(=O)C(F)(F)F)c1ccccc1. The number of hydrogen-bond donors (Lipinski definition) is 1. The van der Waals surface area contributed by atoms with Gasteiger partial charge < -0.3 is 15.1 Å². The summed E-state index contributed by atoms with van der Waals surface area (Å²) in [6, 6.07) is 18.5. The van der Waals surface area contributed by atoms with Crippen LogP contribution in [0.2, 0.25) is 0 Å². The van der Waals surface area contributed by atoms with E-state index in [1.807, 2.05) is 37.3 Å². The molecule has 12 heteroatoms. The van der Waals surface area contributed by atoms with Crippen molar-refractivity contribution in [3.05, 3.63) is 77.5 Å². The highest BCUT2D eigenvalue weighted by Gasteiger charge is 2.50. The summed E-state index contributed by atoms with van der Waals surface area (Å²) >= 11 is 1.31. The van der Waals surface area contributed by atoms with Gasteiger partial charge in [0.05, 0.1) is 17.8 Å². The molecule has 224 valence electrons. The Kier molecular flexibility index (Phi) is 9.12. The van der Waals surface area contributed by atoms with Crippen molar-refractivity contribution < 1.29 is 32.4 Å². The number of hydroxylamine groups is 2. The number of rotatable bonds is 9. The number of alkyl halides is 3. The van der Waals surface area contributed by atoms with Gasteiger partial charge in [0, 0.05) is 42.9 Å². The molecule has 2 aromatic rings. The number of benzene rings is 2. The molecular formula is C30H33F3N4O4S. The molecular weight excluding hydrogens is 569 g/mol. The van der Waals surface area contributed by atoms with E-state index in [0.717, 1.165) is 29.9 Å². The monoisotopic (exact) mass is 602 g/mol. The Hall–Kier alpha value is -3.51. The molecule has 1 aliphatic carbocycles. The topological polar surface area (TPSA) is 82.2 Å². The van der Waals surface area contributed by atoms with Crippen LogP contribution in [-0.2, 0) is 19.2 Å². The number of nitrogens with zero attached hydrogens (tertiary/aromatic N) is 3. The largest absolute Gasteiger partial charge is 0.493 e. The third kappa shape index (κ3) is 6.59. The first-order valence-electron chi connectivity index (χ1n) is 14.0. The van der Waals surface area contributed by atoms with Gasteiger partial charge in [-0.3, -0.25) is 14.5 Å². The molecule has 8 nitrogen and oxygen atoms in total. The third-order valence-corrected chi connectivity index (χ3v) is 9.24. The number of para-hydroxylation sites is 1. The Bertz CT molecular complexity index is 1320. The number of halogens is 3. The fourth-order valence-corrected chi connectivity index (χ4v) is 6.74. The fourth-order valence-electron chi connectivity index (χ4n) is 5.17. The molecule has 0 radical (unpaired) electrons. The highest BCUT2D eigenvalue weighted by atomic mass is 32.2. The first-order chi connectivity index (χ1) is 20.1. The lowest BCUT2D eigenvalue weighted by Gasteiger charge is -2.48. The lowest BCUT2D eigenvalue weighted by atomic mass is 10.00. The van der Waals surface area contributed by atoms with E-state index in [1.54, 1.807) is 30.3 Å². The van der Waals surface area contributed by atoms with E-state index in [4.69, 9.17) is 4.84 Å². The Morgan fingerprint density at radius 2 is 1.74 bits per heavy atom. The minimum atomic E-state index is -5.22. The first-order valence-corrected chi connectivity index (χ1v) is 15.0. The summed E-state index contributed by atoms with van der Waals surface area (Å²) < 4.78 is 40.1. The average Bonchev–Trinajstić information content (AvgIpc) is 2.96. The maximum atomic E-state index is 14.0. The van der Waals surface area contributed by atoms with Gasteiger partial charge in [-0.05, 0) is 37.5 Å². The van der Waals surface area contributed by atoms with E-state index in [-0.39, 0.29) is 54.4 Å². The third-order valence-electron chi connectivity index (χ3n) is 7.74. The Morgan fingerprint density at radius 1 is 1.07 bits per heavy atom. The van der Waals surface area contributed by atoms with Crippen LogP contribution in [0.1, 0.15) is 50.6 Å². The second-order valence-electron chi connectivity index (χ2n) is 10.6. The van der Waals surface area contributed by atoms with Crippen LogP contribution in [0.5, 0.6) is 0 Å². The van der Waals surface area contributed by atoms with Gasteiger partial charge in [0.1, 0.15) is 0 Å². The summed E-state index contributed by atoms with van der Waals surface area (Å²) in [6.45, 7) is 2.51. The van der Waals surface area contributed by atoms with Crippen molar-refractivity contribution in [2.45, 2.75) is 62.0 Å². The standard InChI is InChI=1S/C30H33F3N4O4S/c1-20(21-9-4-2-5-10-21)34-17-15-26(38)35-18-16-25-24(19-35)27(39)36(22-11-6-3-7-12-22)29(42-23-13-8-14-23)37(25)41-28(40)30(31,32)33/h2-7,9-12,20,23,29,34H,8,13-19H2,1H3/t20-,29?/m1/s1. The quantitative estimate of drug-likeness (QED) is 0.425. The molecule has 42 heavy (non-hydrogen) atoms. The molecule has 2 aliphatic heterocycles. The Morgan fingerprint density at radius 3 is 2.36 bits per heavy atom. The molecule has 2 heterocycles. The highest BCUT2D eigenvalue weighted by molar-refractivity contribution is 8.00. The number of carbonyl (C=O) groups is 3. The van der Waals surface area contributed by atoms with Crippen molar-refractivity contribution >= 4 is 35.2 Å². The van der Waals surface area contributed by atoms with Crippen molar-refractivity contribution in [3.63, 3.8) is 0 Å². The first kappa shape index (κ1) is 30.0. The number of thioether (sulfide) groups is 1. The normalized spacial score (nSPS) is 20.2. The highest BCUT2D eigenvalue weighted by Crippen LogP contribution is 2.44. The number of amides is 2. The van der Waals surface area contributed by atoms with Crippen molar-refractivity contribution in [2.75, 3.05) is 24.5 Å². The zero-order valence-electron chi connectivity index (χ0n) is 23.2. The lowest BCUT2D eigenvalue weighted by Crippen LogP contribution is -2.59. The fraction of sp³-hybridized carbons (Fsp3) is 0.433. The summed E-state index contributed by atoms with van der Waals surface area (Å²) in [5.41, 5.74) is 0.892. The number of carbonyl (C=O) groups excluding carboxylic acids is 3. The van der Waals surface area contributed by atoms with Crippen LogP contribution < -0.4 is 10.2 Å². The molecule has 3 aliphatic rings. The number of anilines is 1. The maximum Gasteiger partial charge on any atom is 0.493 e. The van der Waals surface area contributed by atoms with Crippen molar-refractivity contribution in [2.24, 2.45) is 0 Å². The molecule has 0 aromatic heterocycles. The van der Waals surface area contributed by atoms with Crippen LogP contribution in [0.25, 0.3) is 0 Å². The van der Waals surface area contributed by atoms with Crippen LogP contribution in [0.3, 0.4) is 0 Å². The second kappa shape index (κ2) is 12.8. The van der Waals surface area contributed by atoms with Gasteiger partial charge in [0.25, 0.3) is 5.91 Å².